The summed E-state index contributed by atoms with van der Waals surface area (Å²) >= 11 is 0.957. The molecule has 0 aliphatic carbocycles. The van der Waals surface area contributed by atoms with Crippen LogP contribution in [-0.2, 0) is 11.6 Å². The first-order valence-corrected chi connectivity index (χ1v) is 12.1. The molecule has 3 rings (SSSR count). The van der Waals surface area contributed by atoms with E-state index >= 15 is 0 Å². The second-order valence-corrected chi connectivity index (χ2v) is 10.6. The van der Waals surface area contributed by atoms with Crippen molar-refractivity contribution in [2.45, 2.75) is 38.8 Å². The van der Waals surface area contributed by atoms with Crippen molar-refractivity contribution in [1.82, 2.24) is 14.9 Å². The number of thiazole rings is 1. The number of para-hydroxylation sites is 1. The van der Waals surface area contributed by atoms with Gasteiger partial charge in [0.25, 0.3) is 0 Å². The van der Waals surface area contributed by atoms with Gasteiger partial charge in [-0.1, -0.05) is 50.3 Å². The molecule has 10 heteroatoms. The quantitative estimate of drug-likeness (QED) is 0.345. The van der Waals surface area contributed by atoms with E-state index in [4.69, 9.17) is 4.74 Å². The third kappa shape index (κ3) is 7.08. The molecule has 190 valence electrons. The number of alkyl halides is 3. The summed E-state index contributed by atoms with van der Waals surface area (Å²) in [4.78, 5) is 11.8. The van der Waals surface area contributed by atoms with Crippen LogP contribution in [0, 0.1) is 0 Å². The van der Waals surface area contributed by atoms with Crippen LogP contribution in [-0.4, -0.2) is 49.1 Å². The number of pyridine rings is 1. The normalized spacial score (nSPS) is 12.2. The van der Waals surface area contributed by atoms with Crippen LogP contribution in [0.15, 0.2) is 42.6 Å². The molecule has 0 aliphatic heterocycles. The number of halogens is 3. The number of nitrogens with one attached hydrogen (secondary N) is 1. The van der Waals surface area contributed by atoms with Crippen molar-refractivity contribution in [2.75, 3.05) is 44.4 Å². The second-order valence-electron chi connectivity index (χ2n) is 9.58. The largest absolute Gasteiger partial charge is 0.437 e. The van der Waals surface area contributed by atoms with Crippen LogP contribution in [0.5, 0.6) is 11.6 Å². The third-order valence-corrected chi connectivity index (χ3v) is 6.32. The second kappa shape index (κ2) is 10.8. The number of anilines is 3. The first-order chi connectivity index (χ1) is 16.4. The standard InChI is InChI=1S/C25H32F3N5OS/c1-24(2,3)17-11-7-8-13-19(17)34-21-18(12-9-14-29-21)30-23-31-20(25(26,27)28)22(35-23)33(6)16-10-15-32(4)5/h7-9,11-14H,10,15-16H2,1-6H3,(H,30,31). The Labute approximate surface area is 208 Å². The molecule has 1 N–H and O–H groups in total. The Morgan fingerprint density at radius 2 is 1.71 bits per heavy atom. The predicted octanol–water partition coefficient (Wildman–Crippen LogP) is 6.78. The lowest BCUT2D eigenvalue weighted by molar-refractivity contribution is -0.140. The summed E-state index contributed by atoms with van der Waals surface area (Å²) < 4.78 is 47.5. The molecule has 0 radical (unpaired) electrons. The van der Waals surface area contributed by atoms with Gasteiger partial charge in [-0.25, -0.2) is 9.97 Å². The summed E-state index contributed by atoms with van der Waals surface area (Å²) in [6.45, 7) is 7.50. The van der Waals surface area contributed by atoms with Gasteiger partial charge in [-0.05, 0) is 50.7 Å². The Bertz CT molecular complexity index is 1120. The molecule has 0 saturated carbocycles. The van der Waals surface area contributed by atoms with Gasteiger partial charge >= 0.3 is 6.18 Å². The van der Waals surface area contributed by atoms with Crippen molar-refractivity contribution in [2.24, 2.45) is 0 Å². The highest BCUT2D eigenvalue weighted by atomic mass is 32.1. The fraction of sp³-hybridized carbons (Fsp3) is 0.440. The Kier molecular flexibility index (Phi) is 8.27. The summed E-state index contributed by atoms with van der Waals surface area (Å²) in [5.74, 6) is 0.895. The number of hydrogen-bond donors (Lipinski definition) is 1. The van der Waals surface area contributed by atoms with Gasteiger partial charge in [-0.15, -0.1) is 0 Å². The van der Waals surface area contributed by atoms with E-state index in [0.29, 0.717) is 18.0 Å². The molecule has 0 fully saturated rings. The molecule has 0 spiro atoms. The molecule has 6 nitrogen and oxygen atoms in total. The zero-order chi connectivity index (χ0) is 25.8. The van der Waals surface area contributed by atoms with E-state index < -0.39 is 11.9 Å². The molecule has 2 heterocycles. The SMILES string of the molecule is CN(C)CCCN(C)c1sc(Nc2cccnc2Oc2ccccc2C(C)(C)C)nc1C(F)(F)F. The zero-order valence-corrected chi connectivity index (χ0v) is 21.7. The number of nitrogens with zero attached hydrogens (tertiary/aromatic N) is 4. The minimum absolute atomic E-state index is 0.0724. The van der Waals surface area contributed by atoms with Gasteiger partial charge in [0.2, 0.25) is 5.88 Å². The van der Waals surface area contributed by atoms with Crippen molar-refractivity contribution < 1.29 is 17.9 Å². The Morgan fingerprint density at radius 3 is 2.37 bits per heavy atom. The minimum Gasteiger partial charge on any atom is -0.437 e. The van der Waals surface area contributed by atoms with Crippen molar-refractivity contribution in [1.29, 1.82) is 0 Å². The van der Waals surface area contributed by atoms with Gasteiger partial charge in [-0.2, -0.15) is 13.2 Å². The first kappa shape index (κ1) is 26.7. The molecule has 0 atom stereocenters. The van der Waals surface area contributed by atoms with Gasteiger partial charge in [-0.3, -0.25) is 0 Å². The highest BCUT2D eigenvalue weighted by Crippen LogP contribution is 2.43. The monoisotopic (exact) mass is 507 g/mol. The lowest BCUT2D eigenvalue weighted by atomic mass is 9.86. The predicted molar refractivity (Wildman–Crippen MR) is 136 cm³/mol. The van der Waals surface area contributed by atoms with Crippen LogP contribution in [0.4, 0.5) is 29.0 Å². The van der Waals surface area contributed by atoms with Crippen molar-refractivity contribution >= 4 is 27.2 Å². The molecule has 0 bridgehead atoms. The number of rotatable bonds is 9. The Balaban J connectivity index is 1.89. The van der Waals surface area contributed by atoms with Crippen molar-refractivity contribution in [3.8, 4) is 11.6 Å². The highest BCUT2D eigenvalue weighted by Gasteiger charge is 2.39. The zero-order valence-electron chi connectivity index (χ0n) is 20.9. The average Bonchev–Trinajstić information content (AvgIpc) is 3.19. The maximum atomic E-state index is 13.8. The van der Waals surface area contributed by atoms with Crippen LogP contribution in [0.2, 0.25) is 0 Å². The summed E-state index contributed by atoms with van der Waals surface area (Å²) in [5.41, 5.74) is 0.358. The lowest BCUT2D eigenvalue weighted by Crippen LogP contribution is -2.24. The number of aromatic nitrogens is 2. The molecule has 0 amide bonds. The van der Waals surface area contributed by atoms with Gasteiger partial charge in [0, 0.05) is 25.4 Å². The summed E-state index contributed by atoms with van der Waals surface area (Å²) in [5, 5.41) is 3.19. The number of hydrogen-bond acceptors (Lipinski definition) is 7. The third-order valence-electron chi connectivity index (χ3n) is 5.24. The van der Waals surface area contributed by atoms with Gasteiger partial charge in [0.05, 0.1) is 0 Å². The van der Waals surface area contributed by atoms with Crippen LogP contribution >= 0.6 is 11.3 Å². The average molecular weight is 508 g/mol. The number of benzene rings is 1. The van der Waals surface area contributed by atoms with Crippen LogP contribution < -0.4 is 15.0 Å². The Hall–Kier alpha value is -2.85. The fourth-order valence-corrected chi connectivity index (χ4v) is 4.48. The van der Waals surface area contributed by atoms with E-state index in [-0.39, 0.29) is 21.4 Å². The lowest BCUT2D eigenvalue weighted by Gasteiger charge is -2.22. The maximum Gasteiger partial charge on any atom is 0.436 e. The number of ether oxygens (including phenoxy) is 1. The van der Waals surface area contributed by atoms with Gasteiger partial charge in [0.1, 0.15) is 16.4 Å². The molecule has 35 heavy (non-hydrogen) atoms. The van der Waals surface area contributed by atoms with Crippen LogP contribution in [0.1, 0.15) is 38.4 Å². The molecule has 0 saturated heterocycles. The van der Waals surface area contributed by atoms with E-state index in [2.05, 4.69) is 36.1 Å². The maximum absolute atomic E-state index is 13.8. The molecule has 2 aromatic heterocycles. The van der Waals surface area contributed by atoms with E-state index in [1.807, 2.05) is 43.3 Å². The molecule has 0 unspecified atom stereocenters. The fourth-order valence-electron chi connectivity index (χ4n) is 3.50. The van der Waals surface area contributed by atoms with Crippen molar-refractivity contribution in [3.05, 3.63) is 53.9 Å². The summed E-state index contributed by atoms with van der Waals surface area (Å²) in [7, 11) is 5.52. The highest BCUT2D eigenvalue weighted by molar-refractivity contribution is 7.19. The molecular formula is C25H32F3N5OS. The minimum atomic E-state index is -4.57. The van der Waals surface area contributed by atoms with Gasteiger partial charge < -0.3 is 19.9 Å². The van der Waals surface area contributed by atoms with E-state index in [0.717, 1.165) is 29.9 Å². The van der Waals surface area contributed by atoms with E-state index in [1.165, 1.54) is 0 Å². The van der Waals surface area contributed by atoms with Gasteiger partial charge in [0.15, 0.2) is 10.8 Å². The van der Waals surface area contributed by atoms with Crippen LogP contribution in [0.3, 0.4) is 0 Å². The molecular weight excluding hydrogens is 475 g/mol. The van der Waals surface area contributed by atoms with E-state index in [1.54, 1.807) is 30.3 Å². The smallest absolute Gasteiger partial charge is 0.436 e. The summed E-state index contributed by atoms with van der Waals surface area (Å²) in [6, 6.07) is 11.0. The first-order valence-electron chi connectivity index (χ1n) is 11.3. The van der Waals surface area contributed by atoms with Crippen molar-refractivity contribution in [3.63, 3.8) is 0 Å². The molecule has 3 aromatic rings. The molecule has 0 aliphatic rings. The van der Waals surface area contributed by atoms with Crippen LogP contribution in [0.25, 0.3) is 0 Å². The van der Waals surface area contributed by atoms with E-state index in [9.17, 15) is 13.2 Å². The topological polar surface area (TPSA) is 53.5 Å². The summed E-state index contributed by atoms with van der Waals surface area (Å²) in [6.07, 6.45) is -2.26. The molecule has 1 aromatic carbocycles. The Morgan fingerprint density at radius 1 is 1.00 bits per heavy atom.